The molecule has 0 aromatic heterocycles. The number of halogens is 9. The normalized spacial score (nSPS) is 13.4. The Balaban J connectivity index is -0.000000364. The standard InChI is InChI=1S/C5H2F6O2.C5H5F3O2.Cu/c6-4(7,8)2(12)1-3(13)5(9,10)11;1-3(9)2-4(10)5(6,7)8;/h1,12H;2,9H,1H3;/p+2. The number of ketones is 2. The van der Waals surface area contributed by atoms with Crippen LogP contribution in [0.25, 0.3) is 0 Å². The second-order valence-electron chi connectivity index (χ2n) is 3.58. The number of carbonyl (C=O) groups excluding carboxylic acids is 2. The van der Waals surface area contributed by atoms with Gasteiger partial charge in [0.15, 0.2) is 0 Å². The first kappa shape index (κ1) is 27.2. The summed E-state index contributed by atoms with van der Waals surface area (Å²) in [5.41, 5.74) is 0. The summed E-state index contributed by atoms with van der Waals surface area (Å²) in [4.78, 5) is 16.1. The van der Waals surface area contributed by atoms with E-state index in [2.05, 4.69) is 0 Å². The van der Waals surface area contributed by atoms with Gasteiger partial charge in [-0.1, -0.05) is 0 Å². The van der Waals surface area contributed by atoms with Crippen LogP contribution in [0.15, 0.2) is 23.7 Å². The summed E-state index contributed by atoms with van der Waals surface area (Å²) >= 11 is 0. The Labute approximate surface area is 138 Å². The number of alkyl halides is 9. The smallest absolute Gasteiger partial charge is 0.509 e. The summed E-state index contributed by atoms with van der Waals surface area (Å²) in [6.45, 7) is 1.03. The minimum Gasteiger partial charge on any atom is -0.512 e. The monoisotopic (exact) mass is 427 g/mol. The minimum absolute atomic E-state index is 0. The molecule has 14 heteroatoms. The van der Waals surface area contributed by atoms with Gasteiger partial charge in [-0.3, -0.25) is 9.59 Å². The molecule has 0 unspecified atom stereocenters. The average Bonchev–Trinajstić information content (AvgIpc) is 2.24. The van der Waals surface area contributed by atoms with Crippen LogP contribution in [0.4, 0.5) is 39.5 Å². The topological polar surface area (TPSA) is 83.3 Å². The van der Waals surface area contributed by atoms with Gasteiger partial charge in [0, 0.05) is 17.1 Å². The van der Waals surface area contributed by atoms with Gasteiger partial charge in [-0.2, -0.15) is 39.5 Å². The molecule has 0 heterocycles. The first-order valence-corrected chi connectivity index (χ1v) is 5.00. The van der Waals surface area contributed by atoms with Gasteiger partial charge in [0.2, 0.25) is 5.76 Å². The quantitative estimate of drug-likeness (QED) is 0.232. The molecule has 0 aromatic carbocycles. The molecule has 4 N–H and O–H groups in total. The summed E-state index contributed by atoms with van der Waals surface area (Å²) in [5.74, 6) is -7.41. The third kappa shape index (κ3) is 12.8. The third-order valence-electron chi connectivity index (χ3n) is 1.49. The van der Waals surface area contributed by atoms with Crippen molar-refractivity contribution in [3.8, 4) is 0 Å². The molecule has 0 saturated heterocycles. The van der Waals surface area contributed by atoms with Crippen molar-refractivity contribution in [1.82, 2.24) is 0 Å². The van der Waals surface area contributed by atoms with Crippen LogP contribution in [0.1, 0.15) is 6.92 Å². The van der Waals surface area contributed by atoms with Gasteiger partial charge < -0.3 is 10.2 Å². The van der Waals surface area contributed by atoms with Crippen LogP contribution in [0.5, 0.6) is 0 Å². The summed E-state index contributed by atoms with van der Waals surface area (Å²) < 4.78 is 102. The molecule has 24 heavy (non-hydrogen) atoms. The van der Waals surface area contributed by atoms with Crippen molar-refractivity contribution in [1.29, 1.82) is 0 Å². The molecule has 0 aliphatic carbocycles. The molecule has 145 valence electrons. The molecular weight excluding hydrogens is 419 g/mol. The van der Waals surface area contributed by atoms with Crippen molar-refractivity contribution < 1.29 is 76.4 Å². The summed E-state index contributed by atoms with van der Waals surface area (Å²) in [7, 11) is 0. The molecule has 0 aliphatic rings. The zero-order chi connectivity index (χ0) is 19.2. The molecule has 0 atom stereocenters. The van der Waals surface area contributed by atoms with E-state index in [9.17, 15) is 39.5 Å². The van der Waals surface area contributed by atoms with Gasteiger partial charge >= 0.3 is 30.1 Å². The van der Waals surface area contributed by atoms with Gasteiger partial charge in [-0.05, 0) is 6.92 Å². The van der Waals surface area contributed by atoms with E-state index in [4.69, 9.17) is 19.8 Å². The van der Waals surface area contributed by atoms with Gasteiger partial charge in [-0.25, -0.2) is 0 Å². The maximum Gasteiger partial charge on any atom is 0.509 e. The van der Waals surface area contributed by atoms with Gasteiger partial charge in [0.1, 0.15) is 0 Å². The van der Waals surface area contributed by atoms with Gasteiger partial charge in [0.25, 0.3) is 0 Å². The zero-order valence-electron chi connectivity index (χ0n) is 11.1. The van der Waals surface area contributed by atoms with Crippen molar-refractivity contribution in [3.05, 3.63) is 23.7 Å². The zero-order valence-corrected chi connectivity index (χ0v) is 12.1. The van der Waals surface area contributed by atoms with E-state index in [1.165, 1.54) is 0 Å². The molecule has 0 fully saturated rings. The molecule has 0 spiro atoms. The first-order chi connectivity index (χ1) is 9.89. The molecule has 0 amide bonds. The van der Waals surface area contributed by atoms with Crippen molar-refractivity contribution in [2.75, 3.05) is 0 Å². The Bertz CT molecular complexity index is 496. The maximum absolute atomic E-state index is 11.4. The molecule has 0 aromatic rings. The van der Waals surface area contributed by atoms with Crippen LogP contribution in [0.3, 0.4) is 0 Å². The average molecular weight is 428 g/mol. The third-order valence-corrected chi connectivity index (χ3v) is 1.49. The number of allylic oxidation sites excluding steroid dienone is 4. The van der Waals surface area contributed by atoms with Crippen molar-refractivity contribution in [3.63, 3.8) is 0 Å². The minimum atomic E-state index is -5.31. The Kier molecular flexibility index (Phi) is 10.8. The summed E-state index contributed by atoms with van der Waals surface area (Å²) in [5, 5.41) is 16.2. The van der Waals surface area contributed by atoms with E-state index < -0.39 is 47.7 Å². The fourth-order valence-electron chi connectivity index (χ4n) is 0.573. The fraction of sp³-hybridized carbons (Fsp3) is 0.400. The first-order valence-electron chi connectivity index (χ1n) is 5.00. The van der Waals surface area contributed by atoms with E-state index in [0.29, 0.717) is 0 Å². The van der Waals surface area contributed by atoms with Gasteiger partial charge in [0.05, 0.1) is 17.9 Å². The van der Waals surface area contributed by atoms with Crippen LogP contribution in [-0.4, -0.2) is 49.9 Å². The largest absolute Gasteiger partial charge is 0.512 e. The molecule has 1 radical (unpaired) electrons. The van der Waals surface area contributed by atoms with Crippen molar-refractivity contribution in [2.24, 2.45) is 0 Å². The molecule has 0 rings (SSSR count). The van der Waals surface area contributed by atoms with Gasteiger partial charge in [-0.15, -0.1) is 0 Å². The van der Waals surface area contributed by atoms with Crippen molar-refractivity contribution in [2.45, 2.75) is 25.5 Å². The molecule has 4 nitrogen and oxygen atoms in total. The molecule has 0 bridgehead atoms. The number of hydrogen-bond donors (Lipinski definition) is 2. The fourth-order valence-corrected chi connectivity index (χ4v) is 0.573. The van der Waals surface area contributed by atoms with Crippen LogP contribution < -0.4 is 0 Å². The van der Waals surface area contributed by atoms with Crippen LogP contribution in [0.2, 0.25) is 0 Å². The number of aliphatic hydroxyl groups excluding tert-OH is 2. The predicted molar refractivity (Wildman–Crippen MR) is 59.1 cm³/mol. The summed E-state index contributed by atoms with van der Waals surface area (Å²) in [6, 6.07) is 0. The van der Waals surface area contributed by atoms with Crippen LogP contribution in [-0.2, 0) is 17.1 Å². The Morgan fingerprint density at radius 2 is 1.00 bits per heavy atom. The molecular formula is C10H9CuF9O4+2. The Morgan fingerprint density at radius 1 is 0.708 bits per heavy atom. The van der Waals surface area contributed by atoms with E-state index in [1.54, 1.807) is 0 Å². The van der Waals surface area contributed by atoms with E-state index >= 15 is 0 Å². The van der Waals surface area contributed by atoms with Crippen LogP contribution >= 0.6 is 0 Å². The second-order valence-corrected chi connectivity index (χ2v) is 3.58. The maximum atomic E-state index is 11.4. The number of hydrogen-bond acceptors (Lipinski definition) is 2. The van der Waals surface area contributed by atoms with Crippen LogP contribution in [0, 0.1) is 0 Å². The molecule has 0 saturated carbocycles. The predicted octanol–water partition coefficient (Wildman–Crippen LogP) is 3.65. The number of rotatable bonds is 2. The van der Waals surface area contributed by atoms with Crippen molar-refractivity contribution >= 4 is 11.6 Å². The summed E-state index contributed by atoms with van der Waals surface area (Å²) in [6.07, 6.45) is -16.0. The second kappa shape index (κ2) is 9.57. The molecule has 0 aliphatic heterocycles. The van der Waals surface area contributed by atoms with E-state index in [-0.39, 0.29) is 23.1 Å². The van der Waals surface area contributed by atoms with E-state index in [1.807, 2.05) is 0 Å². The van der Waals surface area contributed by atoms with E-state index in [0.717, 1.165) is 6.92 Å². The Hall–Kier alpha value is -1.69. The Morgan fingerprint density at radius 3 is 1.17 bits per heavy atom. The SMILES string of the molecule is CC(O)=CC(=[OH+])C(F)(F)F.OC(=CC(=[OH+])C(F)(F)F)C(F)(F)F.[Cu]. The number of aliphatic hydroxyl groups is 2.